The maximum Gasteiger partial charge on any atom is 0.396 e. The third kappa shape index (κ3) is 4.75. The molecule has 4 rings (SSSR count). The molecular formula is C18H12F4I3O8S2-. The third-order valence-electron chi connectivity index (χ3n) is 5.81. The Kier molecular flexibility index (Phi) is 7.56. The second-order valence-corrected chi connectivity index (χ2v) is 14.2. The normalized spacial score (nSPS) is 28.0. The van der Waals surface area contributed by atoms with E-state index in [0.717, 1.165) is 3.57 Å². The minimum Gasteiger partial charge on any atom is -0.743 e. The van der Waals surface area contributed by atoms with Gasteiger partial charge in [-0.05, 0) is 80.3 Å². The summed E-state index contributed by atoms with van der Waals surface area (Å²) in [4.78, 5) is 25.3. The summed E-state index contributed by atoms with van der Waals surface area (Å²) in [5.74, 6) is -8.45. The lowest BCUT2D eigenvalue weighted by molar-refractivity contribution is -0.180. The fourth-order valence-corrected chi connectivity index (χ4v) is 8.91. The molecule has 2 saturated heterocycles. The topological polar surface area (TPSA) is 119 Å². The highest BCUT2D eigenvalue weighted by Gasteiger charge is 2.65. The van der Waals surface area contributed by atoms with Crippen LogP contribution in [0, 0.1) is 16.6 Å². The molecule has 194 valence electrons. The van der Waals surface area contributed by atoms with E-state index in [0.29, 0.717) is 18.5 Å². The summed E-state index contributed by atoms with van der Waals surface area (Å²) < 4.78 is 104. The molecule has 0 radical (unpaired) electrons. The molecule has 17 heteroatoms. The van der Waals surface area contributed by atoms with Crippen molar-refractivity contribution in [1.82, 2.24) is 0 Å². The maximum absolute atomic E-state index is 13.6. The van der Waals surface area contributed by atoms with Crippen molar-refractivity contribution in [2.45, 2.75) is 46.7 Å². The predicted molar refractivity (Wildman–Crippen MR) is 136 cm³/mol. The van der Waals surface area contributed by atoms with E-state index in [2.05, 4.69) is 22.6 Å². The number of thioether (sulfide) groups is 1. The molecule has 4 unspecified atom stereocenters. The van der Waals surface area contributed by atoms with Crippen LogP contribution in [0.15, 0.2) is 6.07 Å². The molecule has 0 N–H and O–H groups in total. The standard InChI is InChI=1S/C18H13F4I3O8S2/c19-17(20,18(21,22)35(28,29)30)1-2-31-14(26)6-3-10-16(5-9(6)34-10)32-13-8(24)4-7(23)12(25)11(13)15(27)33-16/h4,6,9-10H,1-3,5H2,(H,28,29,30)/p-1. The van der Waals surface area contributed by atoms with Crippen LogP contribution in [-0.4, -0.2) is 59.0 Å². The highest BCUT2D eigenvalue weighted by atomic mass is 127. The average molecular weight is 877 g/mol. The Labute approximate surface area is 241 Å². The zero-order chi connectivity index (χ0) is 26.1. The molecule has 35 heavy (non-hydrogen) atoms. The van der Waals surface area contributed by atoms with E-state index in [1.807, 2.05) is 51.2 Å². The summed E-state index contributed by atoms with van der Waals surface area (Å²) >= 11 is 7.48. The summed E-state index contributed by atoms with van der Waals surface area (Å²) in [6, 6.07) is 1.85. The van der Waals surface area contributed by atoms with Crippen LogP contribution in [0.4, 0.5) is 17.6 Å². The van der Waals surface area contributed by atoms with Crippen LogP contribution in [0.1, 0.15) is 29.6 Å². The largest absolute Gasteiger partial charge is 0.743 e. The molecule has 0 amide bonds. The minimum absolute atomic E-state index is 0.120. The smallest absolute Gasteiger partial charge is 0.396 e. The van der Waals surface area contributed by atoms with Gasteiger partial charge < -0.3 is 18.8 Å². The van der Waals surface area contributed by atoms with Crippen LogP contribution in [0.25, 0.3) is 0 Å². The highest BCUT2D eigenvalue weighted by Crippen LogP contribution is 2.58. The Bertz CT molecular complexity index is 1210. The van der Waals surface area contributed by atoms with Gasteiger partial charge >= 0.3 is 23.1 Å². The summed E-state index contributed by atoms with van der Waals surface area (Å²) in [5, 5.41) is -6.76. The van der Waals surface area contributed by atoms with Crippen LogP contribution < -0.4 is 4.74 Å². The van der Waals surface area contributed by atoms with Gasteiger partial charge in [0.1, 0.15) is 5.56 Å². The van der Waals surface area contributed by atoms with E-state index in [4.69, 9.17) is 14.2 Å². The second-order valence-electron chi connectivity index (χ2n) is 7.96. The van der Waals surface area contributed by atoms with Crippen molar-refractivity contribution in [3.05, 3.63) is 22.3 Å². The molecular weight excluding hydrogens is 865 g/mol. The molecule has 1 spiro atoms. The van der Waals surface area contributed by atoms with E-state index >= 15 is 0 Å². The first-order valence-electron chi connectivity index (χ1n) is 9.64. The summed E-state index contributed by atoms with van der Waals surface area (Å²) in [7, 11) is -6.62. The van der Waals surface area contributed by atoms with Crippen molar-refractivity contribution in [2.24, 2.45) is 5.92 Å². The van der Waals surface area contributed by atoms with Gasteiger partial charge in [0, 0.05) is 18.8 Å². The van der Waals surface area contributed by atoms with E-state index < -0.39 is 68.5 Å². The molecule has 2 fully saturated rings. The molecule has 1 aromatic rings. The van der Waals surface area contributed by atoms with Crippen LogP contribution in [0.3, 0.4) is 0 Å². The molecule has 8 nitrogen and oxygen atoms in total. The molecule has 3 aliphatic heterocycles. The zero-order valence-electron chi connectivity index (χ0n) is 16.9. The zero-order valence-corrected chi connectivity index (χ0v) is 25.0. The van der Waals surface area contributed by atoms with Crippen molar-refractivity contribution in [3.8, 4) is 5.75 Å². The third-order valence-corrected chi connectivity index (χ3v) is 12.3. The highest BCUT2D eigenvalue weighted by molar-refractivity contribution is 14.1. The quantitative estimate of drug-likeness (QED) is 0.135. The molecule has 0 aliphatic carbocycles. The van der Waals surface area contributed by atoms with Crippen LogP contribution in [0.5, 0.6) is 5.75 Å². The van der Waals surface area contributed by atoms with E-state index in [9.17, 15) is 40.1 Å². The lowest BCUT2D eigenvalue weighted by atomic mass is 9.84. The second kappa shape index (κ2) is 9.40. The van der Waals surface area contributed by atoms with E-state index in [1.54, 1.807) is 0 Å². The molecule has 0 aromatic heterocycles. The van der Waals surface area contributed by atoms with Gasteiger partial charge in [0.15, 0.2) is 15.9 Å². The first-order chi connectivity index (χ1) is 16.0. The van der Waals surface area contributed by atoms with Gasteiger partial charge in [0.05, 0.1) is 27.8 Å². The first kappa shape index (κ1) is 28.1. The lowest BCUT2D eigenvalue weighted by Gasteiger charge is -2.41. The number of ether oxygens (including phenoxy) is 3. The number of halogens is 7. The number of rotatable bonds is 6. The SMILES string of the molecule is O=C1OC2(CC3SC2CC3C(=O)OCCC(F)(F)C(F)(F)S(=O)(=O)[O-])Oc2c(I)cc(I)c(I)c21. The molecule has 1 aromatic carbocycles. The van der Waals surface area contributed by atoms with Crippen LogP contribution >= 0.6 is 79.5 Å². The summed E-state index contributed by atoms with van der Waals surface area (Å²) in [6.45, 7) is -1.21. The fourth-order valence-electron chi connectivity index (χ4n) is 4.07. The first-order valence-corrected chi connectivity index (χ1v) is 15.2. The number of hydrogen-bond acceptors (Lipinski definition) is 9. The Hall–Kier alpha value is 0.130. The minimum atomic E-state index is -6.62. The van der Waals surface area contributed by atoms with Gasteiger partial charge in [-0.3, -0.25) is 4.79 Å². The molecule has 4 atom stereocenters. The van der Waals surface area contributed by atoms with Crippen molar-refractivity contribution < 1.29 is 54.3 Å². The van der Waals surface area contributed by atoms with Crippen molar-refractivity contribution in [1.29, 1.82) is 0 Å². The van der Waals surface area contributed by atoms with Gasteiger partial charge in [-0.2, -0.15) is 17.6 Å². The average Bonchev–Trinajstić information content (AvgIpc) is 3.28. The van der Waals surface area contributed by atoms with E-state index in [1.165, 1.54) is 11.8 Å². The number of alkyl halides is 4. The number of hydrogen-bond donors (Lipinski definition) is 0. The Morgan fingerprint density at radius 2 is 1.89 bits per heavy atom. The van der Waals surface area contributed by atoms with Gasteiger partial charge in [-0.15, -0.1) is 11.8 Å². The Morgan fingerprint density at radius 3 is 2.46 bits per heavy atom. The number of benzene rings is 1. The molecule has 3 heterocycles. The maximum atomic E-state index is 13.6. The number of carbonyl (C=O) groups is 2. The van der Waals surface area contributed by atoms with Gasteiger partial charge in [-0.25, -0.2) is 13.2 Å². The van der Waals surface area contributed by atoms with Crippen molar-refractivity contribution in [2.75, 3.05) is 6.61 Å². The number of fused-ring (bicyclic) bond motifs is 4. The molecule has 3 aliphatic rings. The van der Waals surface area contributed by atoms with Gasteiger partial charge in [-0.1, -0.05) is 0 Å². The molecule has 2 bridgehead atoms. The summed E-state index contributed by atoms with van der Waals surface area (Å²) in [6.07, 6.45) is -1.61. The lowest BCUT2D eigenvalue weighted by Crippen LogP contribution is -2.53. The predicted octanol–water partition coefficient (Wildman–Crippen LogP) is 4.35. The summed E-state index contributed by atoms with van der Waals surface area (Å²) in [5.41, 5.74) is 0.314. The number of esters is 2. The van der Waals surface area contributed by atoms with Crippen molar-refractivity contribution >= 4 is 102 Å². The monoisotopic (exact) mass is 877 g/mol. The van der Waals surface area contributed by atoms with Crippen LogP contribution in [-0.2, 0) is 24.4 Å². The van der Waals surface area contributed by atoms with Gasteiger partial charge in [0.2, 0.25) is 0 Å². The van der Waals surface area contributed by atoms with Gasteiger partial charge in [0.25, 0.3) is 5.79 Å². The fraction of sp³-hybridized carbons (Fsp3) is 0.556. The van der Waals surface area contributed by atoms with E-state index in [-0.39, 0.29) is 12.8 Å². The Morgan fingerprint density at radius 1 is 1.23 bits per heavy atom. The number of carbonyl (C=O) groups excluding carboxylic acids is 2. The molecule has 0 saturated carbocycles. The Balaban J connectivity index is 1.41. The van der Waals surface area contributed by atoms with Crippen LogP contribution in [0.2, 0.25) is 0 Å². The van der Waals surface area contributed by atoms with Crippen molar-refractivity contribution in [3.63, 3.8) is 0 Å².